The zero-order valence-electron chi connectivity index (χ0n) is 18.3. The van der Waals surface area contributed by atoms with E-state index in [9.17, 15) is 4.79 Å². The monoisotopic (exact) mass is 571 g/mol. The molecule has 33 heavy (non-hydrogen) atoms. The number of hydrazone groups is 1. The Morgan fingerprint density at radius 1 is 1.03 bits per heavy atom. The molecule has 0 aliphatic heterocycles. The van der Waals surface area contributed by atoms with Crippen LogP contribution in [0.4, 0.5) is 0 Å². The third kappa shape index (κ3) is 6.65. The van der Waals surface area contributed by atoms with E-state index in [1.165, 1.54) is 30.0 Å². The molecule has 0 radical (unpaired) electrons. The minimum Gasteiger partial charge on any atom is -0.487 e. The van der Waals surface area contributed by atoms with Crippen LogP contribution < -0.4 is 15.5 Å². The summed E-state index contributed by atoms with van der Waals surface area (Å²) in [6.45, 7) is 0.742. The predicted octanol–water partition coefficient (Wildman–Crippen LogP) is 6.32. The second-order valence-electron chi connectivity index (χ2n) is 8.25. The van der Waals surface area contributed by atoms with Crippen molar-refractivity contribution in [1.29, 1.82) is 0 Å². The lowest BCUT2D eigenvalue weighted by atomic mass is 9.95. The number of nitrogens with one attached hydrogen (secondary N) is 2. The maximum atomic E-state index is 12.1. The molecule has 1 saturated carbocycles. The summed E-state index contributed by atoms with van der Waals surface area (Å²) >= 11 is 7.19. The third-order valence-corrected chi connectivity index (χ3v) is 7.01. The van der Waals surface area contributed by atoms with Gasteiger partial charge in [0.05, 0.1) is 21.7 Å². The molecule has 1 aliphatic carbocycles. The van der Waals surface area contributed by atoms with Gasteiger partial charge in [-0.05, 0) is 78.7 Å². The van der Waals surface area contributed by atoms with Crippen molar-refractivity contribution in [3.63, 3.8) is 0 Å². The number of ether oxygens (including phenoxy) is 1. The van der Waals surface area contributed by atoms with E-state index in [0.29, 0.717) is 12.6 Å². The summed E-state index contributed by atoms with van der Waals surface area (Å²) in [5, 5.41) is 9.79. The first-order valence-electron chi connectivity index (χ1n) is 11.2. The Morgan fingerprint density at radius 2 is 1.76 bits per heavy atom. The van der Waals surface area contributed by atoms with E-state index in [1.807, 2.05) is 30.3 Å². The lowest BCUT2D eigenvalue weighted by Gasteiger charge is -2.22. The zero-order chi connectivity index (χ0) is 23.0. The summed E-state index contributed by atoms with van der Waals surface area (Å²) in [6, 6.07) is 18.8. The van der Waals surface area contributed by atoms with E-state index < -0.39 is 0 Å². The van der Waals surface area contributed by atoms with E-state index in [2.05, 4.69) is 72.0 Å². The molecule has 0 atom stereocenters. The van der Waals surface area contributed by atoms with Crippen molar-refractivity contribution in [3.05, 3.63) is 74.7 Å². The molecule has 0 spiro atoms. The molecule has 2 N–H and O–H groups in total. The van der Waals surface area contributed by atoms with Gasteiger partial charge in [0.25, 0.3) is 5.91 Å². The fraction of sp³-hybridized carbons (Fsp3) is 0.308. The van der Waals surface area contributed by atoms with E-state index >= 15 is 0 Å². The van der Waals surface area contributed by atoms with Crippen molar-refractivity contribution in [2.45, 2.75) is 44.8 Å². The molecule has 3 aromatic carbocycles. The molecule has 0 bridgehead atoms. The third-order valence-electron chi connectivity index (χ3n) is 5.83. The molecule has 3 aromatic rings. The highest BCUT2D eigenvalue weighted by molar-refractivity contribution is 9.11. The van der Waals surface area contributed by atoms with Crippen molar-refractivity contribution in [3.8, 4) is 5.75 Å². The largest absolute Gasteiger partial charge is 0.487 e. The standard InChI is InChI=1S/C26H27Br2N3O2/c27-23-13-18(15-30-31-25(32)16-29-21-10-2-1-3-11-21)14-24(28)26(23)33-17-20-9-6-8-19-7-4-5-12-22(19)20/h4-9,12-15,21,29H,1-3,10-11,16-17H2,(H,31,32)/b30-15-. The van der Waals surface area contributed by atoms with Gasteiger partial charge in [-0.15, -0.1) is 0 Å². The van der Waals surface area contributed by atoms with Gasteiger partial charge in [-0.3, -0.25) is 4.79 Å². The van der Waals surface area contributed by atoms with Gasteiger partial charge in [0, 0.05) is 6.04 Å². The number of fused-ring (bicyclic) bond motifs is 1. The molecule has 0 unspecified atom stereocenters. The highest BCUT2D eigenvalue weighted by Gasteiger charge is 2.14. The average Bonchev–Trinajstić information content (AvgIpc) is 2.83. The molecule has 0 saturated heterocycles. The van der Waals surface area contributed by atoms with Gasteiger partial charge in [-0.1, -0.05) is 61.7 Å². The van der Waals surface area contributed by atoms with Crippen LogP contribution >= 0.6 is 31.9 Å². The molecule has 4 rings (SSSR count). The average molecular weight is 573 g/mol. The second kappa shape index (κ2) is 11.8. The summed E-state index contributed by atoms with van der Waals surface area (Å²) in [5.74, 6) is 0.589. The predicted molar refractivity (Wildman–Crippen MR) is 141 cm³/mol. The van der Waals surface area contributed by atoms with Crippen LogP contribution in [0.15, 0.2) is 68.6 Å². The molecule has 7 heteroatoms. The minimum atomic E-state index is -0.134. The molecule has 172 valence electrons. The van der Waals surface area contributed by atoms with Crippen molar-refractivity contribution in [2.24, 2.45) is 5.10 Å². The number of amides is 1. The van der Waals surface area contributed by atoms with Gasteiger partial charge < -0.3 is 10.1 Å². The maximum Gasteiger partial charge on any atom is 0.254 e. The lowest BCUT2D eigenvalue weighted by Crippen LogP contribution is -2.38. The minimum absolute atomic E-state index is 0.134. The van der Waals surface area contributed by atoms with Gasteiger partial charge in [0.2, 0.25) is 0 Å². The Kier molecular flexibility index (Phi) is 8.53. The molecule has 0 aromatic heterocycles. The van der Waals surface area contributed by atoms with E-state index in [0.717, 1.165) is 38.7 Å². The Labute approximate surface area is 211 Å². The summed E-state index contributed by atoms with van der Waals surface area (Å²) in [6.07, 6.45) is 7.70. The molecule has 1 aliphatic rings. The van der Waals surface area contributed by atoms with E-state index in [-0.39, 0.29) is 12.5 Å². The van der Waals surface area contributed by atoms with E-state index in [1.54, 1.807) is 6.21 Å². The Balaban J connectivity index is 1.33. The van der Waals surface area contributed by atoms with Crippen LogP contribution in [0.2, 0.25) is 0 Å². The van der Waals surface area contributed by atoms with Gasteiger partial charge in [-0.2, -0.15) is 5.10 Å². The summed E-state index contributed by atoms with van der Waals surface area (Å²) in [5.41, 5.74) is 4.56. The van der Waals surface area contributed by atoms with Crippen LogP contribution in [-0.2, 0) is 11.4 Å². The maximum absolute atomic E-state index is 12.1. The number of halogens is 2. The number of hydrogen-bond acceptors (Lipinski definition) is 4. The molecular formula is C26H27Br2N3O2. The van der Waals surface area contributed by atoms with Crippen molar-refractivity contribution >= 4 is 54.8 Å². The Hall–Kier alpha value is -2.22. The van der Waals surface area contributed by atoms with Crippen LogP contribution in [0.5, 0.6) is 5.75 Å². The summed E-state index contributed by atoms with van der Waals surface area (Å²) < 4.78 is 7.75. The first-order chi connectivity index (χ1) is 16.1. The smallest absolute Gasteiger partial charge is 0.254 e. The van der Waals surface area contributed by atoms with Gasteiger partial charge >= 0.3 is 0 Å². The first kappa shape index (κ1) is 23.9. The number of hydrogen-bond donors (Lipinski definition) is 2. The first-order valence-corrected chi connectivity index (χ1v) is 12.8. The normalized spacial score (nSPS) is 14.6. The second-order valence-corrected chi connectivity index (χ2v) is 9.96. The van der Waals surface area contributed by atoms with Crippen LogP contribution in [0.3, 0.4) is 0 Å². The van der Waals surface area contributed by atoms with Crippen LogP contribution in [0.1, 0.15) is 43.2 Å². The quantitative estimate of drug-likeness (QED) is 0.245. The van der Waals surface area contributed by atoms with Crippen LogP contribution in [-0.4, -0.2) is 24.7 Å². The number of carbonyl (C=O) groups is 1. The Bertz CT molecular complexity index is 1120. The summed E-state index contributed by atoms with van der Waals surface area (Å²) in [4.78, 5) is 12.1. The SMILES string of the molecule is O=C(CNC1CCCCC1)N/N=C\c1cc(Br)c(OCc2cccc3ccccc23)c(Br)c1. The fourth-order valence-electron chi connectivity index (χ4n) is 4.12. The highest BCUT2D eigenvalue weighted by atomic mass is 79.9. The van der Waals surface area contributed by atoms with E-state index in [4.69, 9.17) is 4.74 Å². The van der Waals surface area contributed by atoms with Crippen molar-refractivity contribution in [1.82, 2.24) is 10.7 Å². The Morgan fingerprint density at radius 3 is 2.55 bits per heavy atom. The number of rotatable bonds is 8. The fourth-order valence-corrected chi connectivity index (χ4v) is 5.57. The molecule has 1 amide bonds. The number of nitrogens with zero attached hydrogens (tertiary/aromatic N) is 1. The lowest BCUT2D eigenvalue weighted by molar-refractivity contribution is -0.120. The molecule has 5 nitrogen and oxygen atoms in total. The van der Waals surface area contributed by atoms with Gasteiger partial charge in [0.15, 0.2) is 0 Å². The summed E-state index contributed by atoms with van der Waals surface area (Å²) in [7, 11) is 0. The van der Waals surface area contributed by atoms with Crippen LogP contribution in [0, 0.1) is 0 Å². The molecule has 0 heterocycles. The zero-order valence-corrected chi connectivity index (χ0v) is 21.5. The van der Waals surface area contributed by atoms with Crippen molar-refractivity contribution in [2.75, 3.05) is 6.54 Å². The molecule has 1 fully saturated rings. The topological polar surface area (TPSA) is 62.7 Å². The van der Waals surface area contributed by atoms with Gasteiger partial charge in [0.1, 0.15) is 12.4 Å². The van der Waals surface area contributed by atoms with Crippen molar-refractivity contribution < 1.29 is 9.53 Å². The van der Waals surface area contributed by atoms with Crippen LogP contribution in [0.25, 0.3) is 10.8 Å². The van der Waals surface area contributed by atoms with Gasteiger partial charge in [-0.25, -0.2) is 5.43 Å². The molecular weight excluding hydrogens is 546 g/mol. The number of carbonyl (C=O) groups excluding carboxylic acids is 1. The highest BCUT2D eigenvalue weighted by Crippen LogP contribution is 2.35. The number of benzene rings is 3.